The molecular weight excluding hydrogens is 346 g/mol. The minimum atomic E-state index is -3.64. The maximum absolute atomic E-state index is 12.6. The molecule has 0 saturated carbocycles. The number of nitrogens with zero attached hydrogens (tertiary/aromatic N) is 2. The van der Waals surface area contributed by atoms with E-state index in [0.717, 1.165) is 18.1 Å². The van der Waals surface area contributed by atoms with Gasteiger partial charge in [0.15, 0.2) is 0 Å². The number of benzene rings is 2. The van der Waals surface area contributed by atoms with E-state index in [1.165, 1.54) is 6.20 Å². The maximum Gasteiger partial charge on any atom is 0.262 e. The van der Waals surface area contributed by atoms with Gasteiger partial charge in [-0.05, 0) is 49.7 Å². The zero-order valence-corrected chi connectivity index (χ0v) is 15.6. The van der Waals surface area contributed by atoms with Gasteiger partial charge in [-0.3, -0.25) is 4.72 Å². The number of rotatable bonds is 6. The van der Waals surface area contributed by atoms with Crippen LogP contribution in [0.25, 0.3) is 0 Å². The van der Waals surface area contributed by atoms with Crippen LogP contribution in [-0.2, 0) is 10.0 Å². The van der Waals surface area contributed by atoms with Gasteiger partial charge in [0.1, 0.15) is 5.82 Å². The molecule has 0 aliphatic heterocycles. The van der Waals surface area contributed by atoms with Gasteiger partial charge in [-0.25, -0.2) is 13.4 Å². The van der Waals surface area contributed by atoms with Crippen LogP contribution in [0.15, 0.2) is 77.8 Å². The summed E-state index contributed by atoms with van der Waals surface area (Å²) in [6.45, 7) is 4.57. The molecule has 3 aromatic rings. The fraction of sp³-hybridized carbons (Fsp3) is 0.150. The number of hydrogen-bond acceptors (Lipinski definition) is 4. The number of anilines is 3. The summed E-state index contributed by atoms with van der Waals surface area (Å²) < 4.78 is 27.7. The SMILES string of the molecule is CCN(c1ccccc1)c1ccc(NS(=O)(=O)c2ccccc2C)cn1. The Kier molecular flexibility index (Phi) is 5.23. The van der Waals surface area contributed by atoms with Crippen LogP contribution in [0.4, 0.5) is 17.2 Å². The van der Waals surface area contributed by atoms with Crippen LogP contribution in [0.3, 0.4) is 0 Å². The summed E-state index contributed by atoms with van der Waals surface area (Å²) in [5.74, 6) is 0.762. The fourth-order valence-corrected chi connectivity index (χ4v) is 4.05. The molecule has 5 nitrogen and oxygen atoms in total. The van der Waals surface area contributed by atoms with Gasteiger partial charge in [-0.1, -0.05) is 36.4 Å². The molecule has 134 valence electrons. The zero-order chi connectivity index (χ0) is 18.6. The van der Waals surface area contributed by atoms with Crippen LogP contribution < -0.4 is 9.62 Å². The Morgan fingerprint density at radius 3 is 2.27 bits per heavy atom. The van der Waals surface area contributed by atoms with E-state index in [-0.39, 0.29) is 4.90 Å². The molecular formula is C20H21N3O2S. The molecule has 0 amide bonds. The van der Waals surface area contributed by atoms with Crippen LogP contribution >= 0.6 is 0 Å². The summed E-state index contributed by atoms with van der Waals surface area (Å²) in [7, 11) is -3.64. The molecule has 0 aliphatic rings. The van der Waals surface area contributed by atoms with Crippen molar-refractivity contribution in [2.45, 2.75) is 18.7 Å². The average molecular weight is 367 g/mol. The first-order chi connectivity index (χ1) is 12.5. The van der Waals surface area contributed by atoms with E-state index in [2.05, 4.69) is 14.6 Å². The van der Waals surface area contributed by atoms with Gasteiger partial charge >= 0.3 is 0 Å². The quantitative estimate of drug-likeness (QED) is 0.704. The number of nitrogens with one attached hydrogen (secondary N) is 1. The van der Waals surface area contributed by atoms with Crippen molar-refractivity contribution in [1.29, 1.82) is 0 Å². The van der Waals surface area contributed by atoms with Gasteiger partial charge in [0.2, 0.25) is 0 Å². The molecule has 1 heterocycles. The topological polar surface area (TPSA) is 62.3 Å². The van der Waals surface area contributed by atoms with Gasteiger partial charge in [-0.2, -0.15) is 0 Å². The lowest BCUT2D eigenvalue weighted by Crippen LogP contribution is -2.18. The fourth-order valence-electron chi connectivity index (χ4n) is 2.76. The molecule has 0 fully saturated rings. The summed E-state index contributed by atoms with van der Waals surface area (Å²) in [5, 5.41) is 0. The molecule has 3 rings (SSSR count). The van der Waals surface area contributed by atoms with Gasteiger partial charge in [0.25, 0.3) is 10.0 Å². The van der Waals surface area contributed by atoms with Crippen molar-refractivity contribution >= 4 is 27.2 Å². The van der Waals surface area contributed by atoms with Gasteiger partial charge in [0, 0.05) is 12.2 Å². The lowest BCUT2D eigenvalue weighted by Gasteiger charge is -2.22. The number of hydrogen-bond donors (Lipinski definition) is 1. The molecule has 0 saturated heterocycles. The van der Waals surface area contributed by atoms with E-state index in [1.807, 2.05) is 49.4 Å². The van der Waals surface area contributed by atoms with Crippen molar-refractivity contribution in [3.05, 3.63) is 78.5 Å². The molecule has 26 heavy (non-hydrogen) atoms. The Morgan fingerprint density at radius 2 is 1.65 bits per heavy atom. The monoisotopic (exact) mass is 367 g/mol. The van der Waals surface area contributed by atoms with E-state index in [1.54, 1.807) is 31.2 Å². The van der Waals surface area contributed by atoms with Crippen molar-refractivity contribution in [1.82, 2.24) is 4.98 Å². The molecule has 2 aromatic carbocycles. The third kappa shape index (κ3) is 3.86. The summed E-state index contributed by atoms with van der Waals surface area (Å²) in [5.41, 5.74) is 2.17. The van der Waals surface area contributed by atoms with Gasteiger partial charge in [-0.15, -0.1) is 0 Å². The third-order valence-corrected chi connectivity index (χ3v) is 5.59. The van der Waals surface area contributed by atoms with E-state index in [4.69, 9.17) is 0 Å². The number of pyridine rings is 1. The largest absolute Gasteiger partial charge is 0.327 e. The second kappa shape index (κ2) is 7.58. The maximum atomic E-state index is 12.6. The minimum Gasteiger partial charge on any atom is -0.327 e. The first kappa shape index (κ1) is 17.9. The summed E-state index contributed by atoms with van der Waals surface area (Å²) in [4.78, 5) is 6.75. The Hall–Kier alpha value is -2.86. The molecule has 0 bridgehead atoms. The molecule has 0 atom stereocenters. The van der Waals surface area contributed by atoms with Crippen molar-refractivity contribution < 1.29 is 8.42 Å². The van der Waals surface area contributed by atoms with E-state index < -0.39 is 10.0 Å². The first-order valence-electron chi connectivity index (χ1n) is 8.38. The number of aryl methyl sites for hydroxylation is 1. The number of aromatic nitrogens is 1. The van der Waals surface area contributed by atoms with Crippen LogP contribution in [0, 0.1) is 6.92 Å². The molecule has 0 spiro atoms. The highest BCUT2D eigenvalue weighted by molar-refractivity contribution is 7.92. The van der Waals surface area contributed by atoms with Crippen LogP contribution in [0.1, 0.15) is 12.5 Å². The van der Waals surface area contributed by atoms with Crippen LogP contribution in [0.2, 0.25) is 0 Å². The Balaban J connectivity index is 1.83. The average Bonchev–Trinajstić information content (AvgIpc) is 2.64. The van der Waals surface area contributed by atoms with E-state index >= 15 is 0 Å². The molecule has 0 unspecified atom stereocenters. The van der Waals surface area contributed by atoms with Gasteiger partial charge in [0.05, 0.1) is 16.8 Å². The molecule has 0 aliphatic carbocycles. The van der Waals surface area contributed by atoms with Crippen molar-refractivity contribution in [2.75, 3.05) is 16.2 Å². The minimum absolute atomic E-state index is 0.267. The molecule has 0 radical (unpaired) electrons. The lowest BCUT2D eigenvalue weighted by molar-refractivity contribution is 0.600. The Morgan fingerprint density at radius 1 is 0.962 bits per heavy atom. The van der Waals surface area contributed by atoms with Crippen molar-refractivity contribution in [3.63, 3.8) is 0 Å². The summed E-state index contributed by atoms with van der Waals surface area (Å²) >= 11 is 0. The smallest absolute Gasteiger partial charge is 0.262 e. The van der Waals surface area contributed by atoms with Crippen LogP contribution in [-0.4, -0.2) is 19.9 Å². The van der Waals surface area contributed by atoms with E-state index in [0.29, 0.717) is 11.3 Å². The molecule has 1 N–H and O–H groups in total. The lowest BCUT2D eigenvalue weighted by atomic mass is 10.2. The summed E-state index contributed by atoms with van der Waals surface area (Å²) in [6, 6.07) is 20.4. The van der Waals surface area contributed by atoms with Crippen LogP contribution in [0.5, 0.6) is 0 Å². The second-order valence-electron chi connectivity index (χ2n) is 5.86. The van der Waals surface area contributed by atoms with Crippen molar-refractivity contribution in [3.8, 4) is 0 Å². The Labute approximate surface area is 154 Å². The molecule has 6 heteroatoms. The van der Waals surface area contributed by atoms with Crippen molar-refractivity contribution in [2.24, 2.45) is 0 Å². The highest BCUT2D eigenvalue weighted by Crippen LogP contribution is 2.25. The standard InChI is InChI=1S/C20H21N3O2S/c1-3-23(18-10-5-4-6-11-18)20-14-13-17(15-21-20)22-26(24,25)19-12-8-7-9-16(19)2/h4-15,22H,3H2,1-2H3. The second-order valence-corrected chi connectivity index (χ2v) is 7.51. The first-order valence-corrected chi connectivity index (χ1v) is 9.86. The Bertz CT molecular complexity index is 971. The number of sulfonamides is 1. The highest BCUT2D eigenvalue weighted by atomic mass is 32.2. The zero-order valence-electron chi connectivity index (χ0n) is 14.8. The summed E-state index contributed by atoms with van der Waals surface area (Å²) in [6.07, 6.45) is 1.54. The normalized spacial score (nSPS) is 11.2. The van der Waals surface area contributed by atoms with Gasteiger partial charge < -0.3 is 4.90 Å². The van der Waals surface area contributed by atoms with E-state index in [9.17, 15) is 8.42 Å². The third-order valence-electron chi connectivity index (χ3n) is 4.04. The highest BCUT2D eigenvalue weighted by Gasteiger charge is 2.17. The predicted octanol–water partition coefficient (Wildman–Crippen LogP) is 4.35. The predicted molar refractivity (Wildman–Crippen MR) is 105 cm³/mol. The number of para-hydroxylation sites is 1. The molecule has 1 aromatic heterocycles.